The molecule has 4 rings (SSSR count). The number of nitrogens with one attached hydrogen (secondary N) is 2. The Hall–Kier alpha value is -1.68. The Balaban J connectivity index is 1.35. The molecule has 2 heterocycles. The molecule has 8 heteroatoms. The van der Waals surface area contributed by atoms with Crippen LogP contribution in [0.3, 0.4) is 0 Å². The number of hydrogen-bond acceptors (Lipinski definition) is 5. The van der Waals surface area contributed by atoms with Gasteiger partial charge >= 0.3 is 0 Å². The Labute approximate surface area is 185 Å². The fourth-order valence-corrected chi connectivity index (χ4v) is 6.60. The largest absolute Gasteiger partial charge is 0.356 e. The molecule has 1 aliphatic carbocycles. The van der Waals surface area contributed by atoms with E-state index in [1.807, 2.05) is 36.5 Å². The summed E-state index contributed by atoms with van der Waals surface area (Å²) in [4.78, 5) is 14.2. The Bertz CT molecular complexity index is 1070. The van der Waals surface area contributed by atoms with Gasteiger partial charge in [0.25, 0.3) is 0 Å². The van der Waals surface area contributed by atoms with Gasteiger partial charge in [-0.2, -0.15) is 0 Å². The predicted molar refractivity (Wildman–Crippen MR) is 127 cm³/mol. The molecule has 0 saturated heterocycles. The lowest BCUT2D eigenvalue weighted by atomic mass is 9.86. The van der Waals surface area contributed by atoms with E-state index in [4.69, 9.17) is 4.78 Å². The van der Waals surface area contributed by atoms with Crippen molar-refractivity contribution in [1.82, 2.24) is 15.0 Å². The maximum absolute atomic E-state index is 12.9. The highest BCUT2D eigenvalue weighted by molar-refractivity contribution is 14.1. The third-order valence-electron chi connectivity index (χ3n) is 5.85. The lowest BCUT2D eigenvalue weighted by Gasteiger charge is -2.35. The van der Waals surface area contributed by atoms with E-state index in [9.17, 15) is 4.21 Å². The van der Waals surface area contributed by atoms with E-state index in [1.54, 1.807) is 6.33 Å². The number of H-pyrrole nitrogens is 1. The minimum atomic E-state index is -2.60. The predicted octanol–water partition coefficient (Wildman–Crippen LogP) is 4.80. The van der Waals surface area contributed by atoms with Gasteiger partial charge in [-0.1, -0.05) is 12.1 Å². The summed E-state index contributed by atoms with van der Waals surface area (Å²) < 4.78 is 22.4. The standard InChI is InChI=1S/C21H26IN5OS/c1-27(21-19-10-11-24-20(19)25-14-26-21)18-8-4-16(5-9-18)13-29(23,28)12-15-2-6-17(22)7-3-15/h2-3,6-7,10-11,14,16,18,23H,4-5,8-9,12-13H2,1H3,(H,24,25,26)/t16-,18-,29?. The van der Waals surface area contributed by atoms with Crippen LogP contribution in [-0.4, -0.2) is 38.0 Å². The Kier molecular flexibility index (Phi) is 6.10. The molecule has 6 nitrogen and oxygen atoms in total. The van der Waals surface area contributed by atoms with Gasteiger partial charge in [0.05, 0.1) is 11.1 Å². The molecule has 0 spiro atoms. The first-order valence-electron chi connectivity index (χ1n) is 9.91. The van der Waals surface area contributed by atoms with Crippen molar-refractivity contribution in [2.45, 2.75) is 37.5 Å². The molecule has 29 heavy (non-hydrogen) atoms. The summed E-state index contributed by atoms with van der Waals surface area (Å²) in [5, 5.41) is 1.05. The van der Waals surface area contributed by atoms with Crippen molar-refractivity contribution in [2.24, 2.45) is 5.92 Å². The van der Waals surface area contributed by atoms with Crippen molar-refractivity contribution in [3.8, 4) is 0 Å². The highest BCUT2D eigenvalue weighted by atomic mass is 127. The maximum Gasteiger partial charge on any atom is 0.142 e. The number of benzene rings is 1. The topological polar surface area (TPSA) is 85.7 Å². The number of aromatic nitrogens is 3. The molecule has 0 aliphatic heterocycles. The zero-order valence-electron chi connectivity index (χ0n) is 16.5. The normalized spacial score (nSPS) is 21.7. The van der Waals surface area contributed by atoms with Gasteiger partial charge < -0.3 is 9.88 Å². The van der Waals surface area contributed by atoms with E-state index in [0.29, 0.717) is 23.5 Å². The van der Waals surface area contributed by atoms with Crippen LogP contribution >= 0.6 is 22.6 Å². The molecule has 1 fully saturated rings. The number of aromatic amines is 1. The zero-order valence-corrected chi connectivity index (χ0v) is 19.4. The third-order valence-corrected chi connectivity index (χ3v) is 8.38. The van der Waals surface area contributed by atoms with Gasteiger partial charge in [-0.25, -0.2) is 14.2 Å². The van der Waals surface area contributed by atoms with Crippen LogP contribution in [0.1, 0.15) is 31.2 Å². The van der Waals surface area contributed by atoms with E-state index in [0.717, 1.165) is 51.7 Å². The van der Waals surface area contributed by atoms with Crippen LogP contribution < -0.4 is 4.90 Å². The average molecular weight is 523 g/mol. The number of anilines is 1. The minimum absolute atomic E-state index is 0.357. The average Bonchev–Trinajstić information content (AvgIpc) is 3.18. The molecule has 1 aliphatic rings. The summed E-state index contributed by atoms with van der Waals surface area (Å²) in [6, 6.07) is 10.4. The molecular formula is C21H26IN5OS. The second kappa shape index (κ2) is 8.59. The molecular weight excluding hydrogens is 497 g/mol. The number of hydrogen-bond donors (Lipinski definition) is 2. The fraction of sp³-hybridized carbons (Fsp3) is 0.429. The van der Waals surface area contributed by atoms with Crippen LogP contribution in [0.2, 0.25) is 0 Å². The van der Waals surface area contributed by atoms with E-state index in [-0.39, 0.29) is 0 Å². The molecule has 2 aromatic heterocycles. The number of nitrogens with zero attached hydrogens (tertiary/aromatic N) is 3. The van der Waals surface area contributed by atoms with Crippen LogP contribution in [0.25, 0.3) is 11.0 Å². The van der Waals surface area contributed by atoms with Gasteiger partial charge in [0.1, 0.15) is 17.8 Å². The first kappa shape index (κ1) is 20.6. The molecule has 0 bridgehead atoms. The summed E-state index contributed by atoms with van der Waals surface area (Å²) >= 11 is 2.26. The van der Waals surface area contributed by atoms with Crippen molar-refractivity contribution in [3.05, 3.63) is 52.0 Å². The van der Waals surface area contributed by atoms with Crippen molar-refractivity contribution in [2.75, 3.05) is 17.7 Å². The highest BCUT2D eigenvalue weighted by Crippen LogP contribution is 2.32. The van der Waals surface area contributed by atoms with Crippen LogP contribution in [0, 0.1) is 14.3 Å². The van der Waals surface area contributed by atoms with Crippen LogP contribution in [-0.2, 0) is 15.5 Å². The molecule has 2 N–H and O–H groups in total. The van der Waals surface area contributed by atoms with Gasteiger partial charge in [-0.3, -0.25) is 4.78 Å². The first-order chi connectivity index (χ1) is 13.9. The van der Waals surface area contributed by atoms with Crippen molar-refractivity contribution in [3.63, 3.8) is 0 Å². The molecule has 0 amide bonds. The second-order valence-electron chi connectivity index (χ2n) is 7.97. The third kappa shape index (κ3) is 4.91. The molecule has 1 atom stereocenters. The van der Waals surface area contributed by atoms with Gasteiger partial charge in [0, 0.05) is 38.3 Å². The number of halogens is 1. The monoisotopic (exact) mass is 523 g/mol. The second-order valence-corrected chi connectivity index (χ2v) is 11.5. The number of fused-ring (bicyclic) bond motifs is 1. The van der Waals surface area contributed by atoms with E-state index in [1.165, 1.54) is 0 Å². The molecule has 154 valence electrons. The molecule has 3 aromatic rings. The van der Waals surface area contributed by atoms with Crippen molar-refractivity contribution in [1.29, 1.82) is 4.78 Å². The van der Waals surface area contributed by atoms with Gasteiger partial charge in [-0.15, -0.1) is 0 Å². The molecule has 1 unspecified atom stereocenters. The SMILES string of the molecule is CN(c1ncnc2[nH]ccc12)[C@H]1CC[C@H](CS(=N)(=O)Cc2ccc(I)cc2)CC1. The maximum atomic E-state index is 12.9. The van der Waals surface area contributed by atoms with Gasteiger partial charge in [0.15, 0.2) is 0 Å². The Morgan fingerprint density at radius 3 is 2.62 bits per heavy atom. The molecule has 1 saturated carbocycles. The van der Waals surface area contributed by atoms with Crippen LogP contribution in [0.15, 0.2) is 42.9 Å². The first-order valence-corrected chi connectivity index (χ1v) is 12.9. The molecule has 0 radical (unpaired) electrons. The summed E-state index contributed by atoms with van der Waals surface area (Å²) in [6.45, 7) is 0. The van der Waals surface area contributed by atoms with Crippen LogP contribution in [0.4, 0.5) is 5.82 Å². The Morgan fingerprint density at radius 1 is 1.17 bits per heavy atom. The molecule has 1 aromatic carbocycles. The van der Waals surface area contributed by atoms with Crippen molar-refractivity contribution >= 4 is 49.2 Å². The summed E-state index contributed by atoms with van der Waals surface area (Å²) in [7, 11) is -0.498. The van der Waals surface area contributed by atoms with E-state index >= 15 is 0 Å². The quantitative estimate of drug-likeness (QED) is 0.455. The lowest BCUT2D eigenvalue weighted by molar-refractivity contribution is 0.342. The lowest BCUT2D eigenvalue weighted by Crippen LogP contribution is -2.37. The summed E-state index contributed by atoms with van der Waals surface area (Å²) in [5.74, 6) is 2.19. The fourth-order valence-electron chi connectivity index (χ4n) is 4.30. The number of rotatable bonds is 6. The van der Waals surface area contributed by atoms with Crippen molar-refractivity contribution < 1.29 is 4.21 Å². The highest BCUT2D eigenvalue weighted by Gasteiger charge is 2.27. The van der Waals surface area contributed by atoms with E-state index < -0.39 is 9.73 Å². The summed E-state index contributed by atoms with van der Waals surface area (Å²) in [6.07, 6.45) is 7.60. The smallest absolute Gasteiger partial charge is 0.142 e. The van der Waals surface area contributed by atoms with Crippen LogP contribution in [0.5, 0.6) is 0 Å². The Morgan fingerprint density at radius 2 is 1.90 bits per heavy atom. The van der Waals surface area contributed by atoms with Gasteiger partial charge in [0.2, 0.25) is 0 Å². The minimum Gasteiger partial charge on any atom is -0.356 e. The summed E-state index contributed by atoms with van der Waals surface area (Å²) in [5.41, 5.74) is 1.86. The zero-order chi connectivity index (χ0) is 20.4. The van der Waals surface area contributed by atoms with E-state index in [2.05, 4.69) is 49.5 Å². The van der Waals surface area contributed by atoms with Gasteiger partial charge in [-0.05, 0) is 78.0 Å².